The van der Waals surface area contributed by atoms with E-state index in [4.69, 9.17) is 5.73 Å². The highest BCUT2D eigenvalue weighted by Gasteiger charge is 2.16. The van der Waals surface area contributed by atoms with Crippen molar-refractivity contribution in [2.75, 3.05) is 12.8 Å². The van der Waals surface area contributed by atoms with Crippen molar-refractivity contribution in [1.29, 1.82) is 0 Å². The van der Waals surface area contributed by atoms with E-state index in [1.54, 1.807) is 17.5 Å². The number of aromatic nitrogens is 3. The highest BCUT2D eigenvalue weighted by atomic mass is 32.1. The Kier molecular flexibility index (Phi) is 2.86. The van der Waals surface area contributed by atoms with Crippen LogP contribution in [0.5, 0.6) is 0 Å². The molecule has 0 aliphatic rings. The van der Waals surface area contributed by atoms with Crippen molar-refractivity contribution >= 4 is 22.9 Å². The molecule has 0 aromatic carbocycles. The average molecular weight is 237 g/mol. The standard InChI is InChI=1S/C9H11N5OS/c1-14(3-6-4-16-5-11-6)9(15)8-7(10)2-12-13-8/h2,4-5H,3,10H2,1H3,(H,12,13). The van der Waals surface area contributed by atoms with Crippen LogP contribution in [0.2, 0.25) is 0 Å². The molecular formula is C9H11N5OS. The summed E-state index contributed by atoms with van der Waals surface area (Å²) in [5, 5.41) is 8.20. The molecule has 2 heterocycles. The Hall–Kier alpha value is -1.89. The first-order chi connectivity index (χ1) is 7.68. The first-order valence-corrected chi connectivity index (χ1v) is 5.54. The van der Waals surface area contributed by atoms with E-state index in [2.05, 4.69) is 15.2 Å². The first-order valence-electron chi connectivity index (χ1n) is 4.60. The first kappa shape index (κ1) is 10.6. The minimum absolute atomic E-state index is 0.192. The van der Waals surface area contributed by atoms with E-state index in [9.17, 15) is 4.79 Å². The summed E-state index contributed by atoms with van der Waals surface area (Å²) in [6.07, 6.45) is 1.42. The zero-order valence-electron chi connectivity index (χ0n) is 8.67. The Morgan fingerprint density at radius 2 is 2.50 bits per heavy atom. The molecule has 0 fully saturated rings. The summed E-state index contributed by atoms with van der Waals surface area (Å²) >= 11 is 1.50. The molecule has 2 rings (SSSR count). The van der Waals surface area contributed by atoms with Crippen LogP contribution in [0.4, 0.5) is 5.69 Å². The molecule has 0 radical (unpaired) electrons. The van der Waals surface area contributed by atoms with Gasteiger partial charge in [0.15, 0.2) is 0 Å². The van der Waals surface area contributed by atoms with Gasteiger partial charge < -0.3 is 10.6 Å². The molecule has 3 N–H and O–H groups in total. The molecule has 0 atom stereocenters. The van der Waals surface area contributed by atoms with E-state index in [0.717, 1.165) is 5.69 Å². The minimum Gasteiger partial charge on any atom is -0.396 e. The molecule has 16 heavy (non-hydrogen) atoms. The summed E-state index contributed by atoms with van der Waals surface area (Å²) < 4.78 is 0. The molecule has 0 aliphatic heterocycles. The summed E-state index contributed by atoms with van der Waals surface area (Å²) in [4.78, 5) is 17.6. The zero-order valence-corrected chi connectivity index (χ0v) is 9.49. The van der Waals surface area contributed by atoms with Gasteiger partial charge in [0.05, 0.1) is 29.6 Å². The smallest absolute Gasteiger partial charge is 0.274 e. The number of hydrogen-bond acceptors (Lipinski definition) is 5. The van der Waals surface area contributed by atoms with Crippen molar-refractivity contribution in [3.63, 3.8) is 0 Å². The molecule has 6 nitrogen and oxygen atoms in total. The maximum absolute atomic E-state index is 11.9. The van der Waals surface area contributed by atoms with E-state index < -0.39 is 0 Å². The third-order valence-electron chi connectivity index (χ3n) is 2.11. The number of thiazole rings is 1. The summed E-state index contributed by atoms with van der Waals surface area (Å²) in [6.45, 7) is 0.459. The molecule has 0 spiro atoms. The van der Waals surface area contributed by atoms with Crippen LogP contribution in [0, 0.1) is 0 Å². The number of aromatic amines is 1. The van der Waals surface area contributed by atoms with Gasteiger partial charge in [0, 0.05) is 12.4 Å². The van der Waals surface area contributed by atoms with Crippen LogP contribution in [0.1, 0.15) is 16.2 Å². The minimum atomic E-state index is -0.192. The number of anilines is 1. The van der Waals surface area contributed by atoms with E-state index in [1.807, 2.05) is 5.38 Å². The van der Waals surface area contributed by atoms with Gasteiger partial charge >= 0.3 is 0 Å². The lowest BCUT2D eigenvalue weighted by molar-refractivity contribution is 0.0779. The number of amides is 1. The Bertz CT molecular complexity index is 478. The summed E-state index contributed by atoms with van der Waals surface area (Å²) in [7, 11) is 1.70. The van der Waals surface area contributed by atoms with Crippen molar-refractivity contribution in [3.05, 3.63) is 28.5 Å². The van der Waals surface area contributed by atoms with Crippen molar-refractivity contribution in [2.24, 2.45) is 0 Å². The summed E-state index contributed by atoms with van der Waals surface area (Å²) in [5.41, 5.74) is 8.87. The van der Waals surface area contributed by atoms with Crippen LogP contribution in [0.15, 0.2) is 17.1 Å². The van der Waals surface area contributed by atoms with Gasteiger partial charge in [-0.25, -0.2) is 4.98 Å². The van der Waals surface area contributed by atoms with Crippen molar-refractivity contribution in [2.45, 2.75) is 6.54 Å². The maximum Gasteiger partial charge on any atom is 0.274 e. The topological polar surface area (TPSA) is 87.9 Å². The van der Waals surface area contributed by atoms with Gasteiger partial charge in [-0.3, -0.25) is 9.89 Å². The fourth-order valence-corrected chi connectivity index (χ4v) is 1.84. The van der Waals surface area contributed by atoms with Crippen molar-refractivity contribution in [3.8, 4) is 0 Å². The van der Waals surface area contributed by atoms with Gasteiger partial charge in [-0.05, 0) is 0 Å². The Balaban J connectivity index is 2.08. The molecule has 7 heteroatoms. The largest absolute Gasteiger partial charge is 0.396 e. The Labute approximate surface area is 96.1 Å². The summed E-state index contributed by atoms with van der Waals surface area (Å²) in [5.74, 6) is -0.192. The molecule has 0 aliphatic carbocycles. The van der Waals surface area contributed by atoms with Gasteiger partial charge in [-0.2, -0.15) is 5.10 Å². The van der Waals surface area contributed by atoms with Gasteiger partial charge in [0.2, 0.25) is 0 Å². The third-order valence-corrected chi connectivity index (χ3v) is 2.75. The van der Waals surface area contributed by atoms with Crippen LogP contribution in [-0.2, 0) is 6.54 Å². The van der Waals surface area contributed by atoms with Crippen molar-refractivity contribution < 1.29 is 4.79 Å². The molecule has 0 saturated heterocycles. The highest BCUT2D eigenvalue weighted by molar-refractivity contribution is 7.07. The molecule has 0 saturated carbocycles. The second-order valence-corrected chi connectivity index (χ2v) is 4.06. The van der Waals surface area contributed by atoms with Gasteiger partial charge in [0.25, 0.3) is 5.91 Å². The van der Waals surface area contributed by atoms with E-state index in [-0.39, 0.29) is 5.91 Å². The molecule has 0 bridgehead atoms. The molecule has 84 valence electrons. The molecule has 0 unspecified atom stereocenters. The number of rotatable bonds is 3. The van der Waals surface area contributed by atoms with E-state index >= 15 is 0 Å². The fourth-order valence-electron chi connectivity index (χ4n) is 1.29. The van der Waals surface area contributed by atoms with E-state index in [0.29, 0.717) is 17.9 Å². The Morgan fingerprint density at radius 1 is 1.69 bits per heavy atom. The fraction of sp³-hybridized carbons (Fsp3) is 0.222. The van der Waals surface area contributed by atoms with Crippen LogP contribution >= 0.6 is 11.3 Å². The van der Waals surface area contributed by atoms with E-state index in [1.165, 1.54) is 17.5 Å². The lowest BCUT2D eigenvalue weighted by Crippen LogP contribution is -2.27. The second-order valence-electron chi connectivity index (χ2n) is 3.34. The predicted molar refractivity (Wildman–Crippen MR) is 60.9 cm³/mol. The zero-order chi connectivity index (χ0) is 11.5. The lowest BCUT2D eigenvalue weighted by Gasteiger charge is -2.14. The number of carbonyl (C=O) groups is 1. The van der Waals surface area contributed by atoms with Crippen LogP contribution in [0.3, 0.4) is 0 Å². The quantitative estimate of drug-likeness (QED) is 0.823. The molecule has 2 aromatic rings. The number of carbonyl (C=O) groups excluding carboxylic acids is 1. The average Bonchev–Trinajstić information content (AvgIpc) is 2.88. The molecule has 2 aromatic heterocycles. The number of H-pyrrole nitrogens is 1. The lowest BCUT2D eigenvalue weighted by atomic mass is 10.3. The number of nitrogen functional groups attached to an aromatic ring is 1. The normalized spacial score (nSPS) is 10.3. The molecule has 1 amide bonds. The number of nitrogens with zero attached hydrogens (tertiary/aromatic N) is 3. The van der Waals surface area contributed by atoms with Gasteiger partial charge in [0.1, 0.15) is 5.69 Å². The number of hydrogen-bond donors (Lipinski definition) is 2. The van der Waals surface area contributed by atoms with Crippen LogP contribution < -0.4 is 5.73 Å². The van der Waals surface area contributed by atoms with Gasteiger partial charge in [-0.1, -0.05) is 0 Å². The summed E-state index contributed by atoms with van der Waals surface area (Å²) in [6, 6.07) is 0. The molecular weight excluding hydrogens is 226 g/mol. The monoisotopic (exact) mass is 237 g/mol. The van der Waals surface area contributed by atoms with Crippen LogP contribution in [-0.4, -0.2) is 33.0 Å². The van der Waals surface area contributed by atoms with Crippen molar-refractivity contribution in [1.82, 2.24) is 20.1 Å². The third kappa shape index (κ3) is 2.03. The predicted octanol–water partition coefficient (Wildman–Crippen LogP) is 0.721. The number of nitrogens with two attached hydrogens (primary N) is 1. The Morgan fingerprint density at radius 3 is 3.06 bits per heavy atom. The number of nitrogens with one attached hydrogen (secondary N) is 1. The highest BCUT2D eigenvalue weighted by Crippen LogP contribution is 2.11. The van der Waals surface area contributed by atoms with Gasteiger partial charge in [-0.15, -0.1) is 11.3 Å². The SMILES string of the molecule is CN(Cc1cscn1)C(=O)c1[nH]ncc1N. The van der Waals surface area contributed by atoms with Crippen LogP contribution in [0.25, 0.3) is 0 Å². The second kappa shape index (κ2) is 4.31. The maximum atomic E-state index is 11.9.